The third-order valence-electron chi connectivity index (χ3n) is 2.66. The highest BCUT2D eigenvalue weighted by Crippen LogP contribution is 2.25. The van der Waals surface area contributed by atoms with E-state index >= 15 is 0 Å². The zero-order valence-electron chi connectivity index (χ0n) is 9.32. The van der Waals surface area contributed by atoms with E-state index < -0.39 is 0 Å². The molecule has 1 amide bonds. The Morgan fingerprint density at radius 2 is 2.29 bits per heavy atom. The second kappa shape index (κ2) is 4.78. The predicted molar refractivity (Wildman–Crippen MR) is 55.4 cm³/mol. The Bertz CT molecular complexity index is 203. The van der Waals surface area contributed by atoms with E-state index in [9.17, 15) is 4.79 Å². The van der Waals surface area contributed by atoms with Gasteiger partial charge in [-0.05, 0) is 12.3 Å². The van der Waals surface area contributed by atoms with Crippen molar-refractivity contribution in [2.24, 2.45) is 11.8 Å². The standard InChI is InChI=1S/C11H20NO2/c1-8(2)5-6-12-10(13)7-9(3)11(12)14-4/h8-9,11H,3,5-7H2,1-2,4H3/q-1. The summed E-state index contributed by atoms with van der Waals surface area (Å²) < 4.78 is 5.28. The Morgan fingerprint density at radius 3 is 2.79 bits per heavy atom. The quantitative estimate of drug-likeness (QED) is 0.643. The van der Waals surface area contributed by atoms with Gasteiger partial charge in [0.2, 0.25) is 5.91 Å². The van der Waals surface area contributed by atoms with E-state index in [-0.39, 0.29) is 18.1 Å². The molecule has 2 atom stereocenters. The molecule has 0 aromatic heterocycles. The van der Waals surface area contributed by atoms with Crippen LogP contribution >= 0.6 is 0 Å². The van der Waals surface area contributed by atoms with Gasteiger partial charge in [-0.25, -0.2) is 0 Å². The Morgan fingerprint density at radius 1 is 1.64 bits per heavy atom. The molecular formula is C11H20NO2-. The van der Waals surface area contributed by atoms with Gasteiger partial charge in [0.15, 0.2) is 0 Å². The zero-order valence-corrected chi connectivity index (χ0v) is 9.32. The van der Waals surface area contributed by atoms with E-state index in [1.807, 2.05) is 4.90 Å². The molecule has 0 bridgehead atoms. The number of methoxy groups -OCH3 is 1. The fourth-order valence-electron chi connectivity index (χ4n) is 1.81. The lowest BCUT2D eigenvalue weighted by molar-refractivity contribution is -0.135. The lowest BCUT2D eigenvalue weighted by Crippen LogP contribution is -2.37. The van der Waals surface area contributed by atoms with E-state index in [1.54, 1.807) is 7.11 Å². The molecule has 3 nitrogen and oxygen atoms in total. The summed E-state index contributed by atoms with van der Waals surface area (Å²) in [6.07, 6.45) is 1.44. The summed E-state index contributed by atoms with van der Waals surface area (Å²) in [6.45, 7) is 9.04. The van der Waals surface area contributed by atoms with E-state index in [1.165, 1.54) is 0 Å². The van der Waals surface area contributed by atoms with Crippen molar-refractivity contribution in [3.63, 3.8) is 0 Å². The molecular weight excluding hydrogens is 178 g/mol. The molecule has 3 heteroatoms. The minimum atomic E-state index is -0.110. The fourth-order valence-corrected chi connectivity index (χ4v) is 1.81. The van der Waals surface area contributed by atoms with Gasteiger partial charge in [0.05, 0.1) is 0 Å². The van der Waals surface area contributed by atoms with Gasteiger partial charge in [0, 0.05) is 20.1 Å². The summed E-state index contributed by atoms with van der Waals surface area (Å²) >= 11 is 0. The Labute approximate surface area is 86.4 Å². The number of carbonyl (C=O) groups excluding carboxylic acids is 1. The maximum atomic E-state index is 11.6. The molecule has 82 valence electrons. The average molecular weight is 198 g/mol. The molecule has 0 aromatic rings. The van der Waals surface area contributed by atoms with E-state index in [4.69, 9.17) is 4.74 Å². The summed E-state index contributed by atoms with van der Waals surface area (Å²) in [4.78, 5) is 13.4. The van der Waals surface area contributed by atoms with Gasteiger partial charge in [0.1, 0.15) is 6.23 Å². The van der Waals surface area contributed by atoms with Gasteiger partial charge in [-0.1, -0.05) is 13.8 Å². The maximum absolute atomic E-state index is 11.6. The fraction of sp³-hybridized carbons (Fsp3) is 0.818. The Balaban J connectivity index is 2.52. The highest BCUT2D eigenvalue weighted by atomic mass is 16.5. The van der Waals surface area contributed by atoms with Crippen LogP contribution in [0.1, 0.15) is 26.7 Å². The largest absolute Gasteiger partial charge is 0.364 e. The monoisotopic (exact) mass is 198 g/mol. The molecule has 2 unspecified atom stereocenters. The summed E-state index contributed by atoms with van der Waals surface area (Å²) in [6, 6.07) is 0. The molecule has 0 N–H and O–H groups in total. The van der Waals surface area contributed by atoms with Crippen molar-refractivity contribution in [2.75, 3.05) is 13.7 Å². The SMILES string of the molecule is [CH2-]C1CC(=O)N(CCC(C)C)C1OC. The predicted octanol–water partition coefficient (Wildman–Crippen LogP) is 1.69. The lowest BCUT2D eigenvalue weighted by Gasteiger charge is -2.28. The second-order valence-corrected chi connectivity index (χ2v) is 4.36. The van der Waals surface area contributed by atoms with Gasteiger partial charge in [-0.15, -0.1) is 5.92 Å². The van der Waals surface area contributed by atoms with E-state index in [0.717, 1.165) is 13.0 Å². The molecule has 0 spiro atoms. The number of amides is 1. The van der Waals surface area contributed by atoms with Crippen LogP contribution in [0.5, 0.6) is 0 Å². The molecule has 1 rings (SSSR count). The summed E-state index contributed by atoms with van der Waals surface area (Å²) in [5, 5.41) is 0. The van der Waals surface area contributed by atoms with Gasteiger partial charge >= 0.3 is 0 Å². The third-order valence-corrected chi connectivity index (χ3v) is 2.66. The van der Waals surface area contributed by atoms with Gasteiger partial charge in [0.25, 0.3) is 0 Å². The maximum Gasteiger partial charge on any atom is 0.222 e. The number of carbonyl (C=O) groups is 1. The molecule has 14 heavy (non-hydrogen) atoms. The topological polar surface area (TPSA) is 29.5 Å². The molecule has 0 saturated carbocycles. The van der Waals surface area contributed by atoms with Crippen LogP contribution in [0, 0.1) is 18.8 Å². The minimum Gasteiger partial charge on any atom is -0.364 e. The molecule has 1 aliphatic rings. The first-order valence-electron chi connectivity index (χ1n) is 5.21. The second-order valence-electron chi connectivity index (χ2n) is 4.36. The van der Waals surface area contributed by atoms with Crippen LogP contribution in [0.2, 0.25) is 0 Å². The first kappa shape index (κ1) is 11.5. The van der Waals surface area contributed by atoms with Crippen LogP contribution in [0.3, 0.4) is 0 Å². The van der Waals surface area contributed by atoms with Gasteiger partial charge < -0.3 is 16.6 Å². The summed E-state index contributed by atoms with van der Waals surface area (Å²) in [5.74, 6) is 0.876. The minimum absolute atomic E-state index is 0.0830. The number of hydrogen-bond donors (Lipinski definition) is 0. The van der Waals surface area contributed by atoms with Crippen LogP contribution in [0.15, 0.2) is 0 Å². The van der Waals surface area contributed by atoms with Crippen LogP contribution in [-0.2, 0) is 9.53 Å². The molecule has 0 aromatic carbocycles. The number of likely N-dealkylation sites (tertiary alicyclic amines) is 1. The van der Waals surface area contributed by atoms with Crippen LogP contribution in [0.25, 0.3) is 0 Å². The Hall–Kier alpha value is -0.570. The highest BCUT2D eigenvalue weighted by molar-refractivity contribution is 5.79. The lowest BCUT2D eigenvalue weighted by atomic mass is 10.1. The van der Waals surface area contributed by atoms with E-state index in [0.29, 0.717) is 12.3 Å². The molecule has 0 aliphatic carbocycles. The van der Waals surface area contributed by atoms with Crippen LogP contribution in [-0.4, -0.2) is 30.7 Å². The van der Waals surface area contributed by atoms with Crippen molar-refractivity contribution in [2.45, 2.75) is 32.9 Å². The number of ether oxygens (including phenoxy) is 1. The van der Waals surface area contributed by atoms with E-state index in [2.05, 4.69) is 20.8 Å². The van der Waals surface area contributed by atoms with Crippen molar-refractivity contribution < 1.29 is 9.53 Å². The molecule has 0 radical (unpaired) electrons. The molecule has 1 aliphatic heterocycles. The first-order valence-corrected chi connectivity index (χ1v) is 5.21. The van der Waals surface area contributed by atoms with Crippen molar-refractivity contribution in [3.8, 4) is 0 Å². The summed E-state index contributed by atoms with van der Waals surface area (Å²) in [7, 11) is 1.64. The Kier molecular flexibility index (Phi) is 3.93. The normalized spacial score (nSPS) is 27.8. The van der Waals surface area contributed by atoms with Gasteiger partial charge in [-0.3, -0.25) is 4.79 Å². The smallest absolute Gasteiger partial charge is 0.222 e. The number of rotatable bonds is 4. The number of nitrogens with zero attached hydrogens (tertiary/aromatic N) is 1. The van der Waals surface area contributed by atoms with Crippen LogP contribution in [0.4, 0.5) is 0 Å². The first-order chi connectivity index (χ1) is 6.56. The average Bonchev–Trinajstić information content (AvgIpc) is 2.36. The third kappa shape index (κ3) is 2.47. The highest BCUT2D eigenvalue weighted by Gasteiger charge is 2.32. The zero-order chi connectivity index (χ0) is 10.7. The van der Waals surface area contributed by atoms with Crippen molar-refractivity contribution in [1.82, 2.24) is 4.90 Å². The van der Waals surface area contributed by atoms with Crippen molar-refractivity contribution in [1.29, 1.82) is 0 Å². The molecule has 1 fully saturated rings. The van der Waals surface area contributed by atoms with Crippen LogP contribution < -0.4 is 0 Å². The molecule has 1 saturated heterocycles. The number of hydrogen-bond acceptors (Lipinski definition) is 2. The van der Waals surface area contributed by atoms with Crippen molar-refractivity contribution in [3.05, 3.63) is 6.92 Å². The summed E-state index contributed by atoms with van der Waals surface area (Å²) in [5.41, 5.74) is 0. The molecule has 1 heterocycles. The van der Waals surface area contributed by atoms with Gasteiger partial charge in [-0.2, -0.15) is 0 Å². The van der Waals surface area contributed by atoms with Crippen molar-refractivity contribution >= 4 is 5.91 Å².